The Labute approximate surface area is 151 Å². The molecule has 0 saturated heterocycles. The Hall–Kier alpha value is -3.19. The average molecular weight is 356 g/mol. The quantitative estimate of drug-likeness (QED) is 0.532. The van der Waals surface area contributed by atoms with Gasteiger partial charge in [-0.15, -0.1) is 0 Å². The number of ether oxygens (including phenoxy) is 1. The lowest BCUT2D eigenvalue weighted by Crippen LogP contribution is -2.40. The number of esters is 1. The molecule has 0 bridgehead atoms. The first-order valence-electron chi connectivity index (χ1n) is 7.99. The number of amides is 2. The largest absolute Gasteiger partial charge is 0.465 e. The standard InChI is InChI=1S/C19H20N2O5/c1-26-19(25)14-7-9-15(10-8-14)21-18(24)17(23)20-12-16(22)11-13-5-3-2-4-6-13/h2-10,16,22H,11-12H2,1H3,(H,20,23)(H,21,24). The van der Waals surface area contributed by atoms with Crippen LogP contribution in [0.5, 0.6) is 0 Å². The number of carbonyl (C=O) groups is 3. The van der Waals surface area contributed by atoms with Crippen molar-refractivity contribution in [1.82, 2.24) is 5.32 Å². The molecule has 0 fully saturated rings. The maximum atomic E-state index is 11.9. The molecule has 2 rings (SSSR count). The molecule has 0 aliphatic heterocycles. The van der Waals surface area contributed by atoms with Crippen LogP contribution in [0.2, 0.25) is 0 Å². The van der Waals surface area contributed by atoms with E-state index in [0.717, 1.165) is 5.56 Å². The summed E-state index contributed by atoms with van der Waals surface area (Å²) < 4.78 is 4.58. The van der Waals surface area contributed by atoms with Crippen molar-refractivity contribution < 1.29 is 24.2 Å². The lowest BCUT2D eigenvalue weighted by atomic mass is 10.1. The first-order chi connectivity index (χ1) is 12.5. The van der Waals surface area contributed by atoms with Crippen molar-refractivity contribution in [2.75, 3.05) is 19.0 Å². The summed E-state index contributed by atoms with van der Waals surface area (Å²) >= 11 is 0. The third kappa shape index (κ3) is 5.71. The third-order valence-corrected chi connectivity index (χ3v) is 3.58. The normalized spacial score (nSPS) is 11.3. The van der Waals surface area contributed by atoms with Gasteiger partial charge in [0.15, 0.2) is 0 Å². The summed E-state index contributed by atoms with van der Waals surface area (Å²) in [4.78, 5) is 35.0. The second-order valence-electron chi connectivity index (χ2n) is 5.58. The Morgan fingerprint density at radius 3 is 2.27 bits per heavy atom. The van der Waals surface area contributed by atoms with Crippen molar-refractivity contribution >= 4 is 23.5 Å². The smallest absolute Gasteiger partial charge is 0.337 e. The number of methoxy groups -OCH3 is 1. The van der Waals surface area contributed by atoms with E-state index in [1.165, 1.54) is 31.4 Å². The molecule has 1 atom stereocenters. The van der Waals surface area contributed by atoms with Crippen LogP contribution in [-0.4, -0.2) is 42.6 Å². The number of hydrogen-bond donors (Lipinski definition) is 3. The van der Waals surface area contributed by atoms with Crippen LogP contribution in [0.3, 0.4) is 0 Å². The van der Waals surface area contributed by atoms with Crippen molar-refractivity contribution in [2.45, 2.75) is 12.5 Å². The van der Waals surface area contributed by atoms with E-state index in [0.29, 0.717) is 17.7 Å². The summed E-state index contributed by atoms with van der Waals surface area (Å²) in [6.07, 6.45) is -0.425. The number of aliphatic hydroxyl groups is 1. The summed E-state index contributed by atoms with van der Waals surface area (Å²) in [6.45, 7) is -0.0393. The van der Waals surface area contributed by atoms with Gasteiger partial charge in [0.2, 0.25) is 0 Å². The van der Waals surface area contributed by atoms with E-state index in [-0.39, 0.29) is 6.54 Å². The minimum Gasteiger partial charge on any atom is -0.465 e. The maximum absolute atomic E-state index is 11.9. The minimum atomic E-state index is -0.859. The van der Waals surface area contributed by atoms with E-state index in [2.05, 4.69) is 15.4 Å². The van der Waals surface area contributed by atoms with Crippen molar-refractivity contribution in [3.05, 3.63) is 65.7 Å². The predicted molar refractivity (Wildman–Crippen MR) is 95.6 cm³/mol. The highest BCUT2D eigenvalue weighted by molar-refractivity contribution is 6.39. The summed E-state index contributed by atoms with van der Waals surface area (Å²) in [5, 5.41) is 14.7. The fraction of sp³-hybridized carbons (Fsp3) is 0.211. The molecule has 7 nitrogen and oxygen atoms in total. The Balaban J connectivity index is 1.80. The van der Waals surface area contributed by atoms with E-state index >= 15 is 0 Å². The Kier molecular flexibility index (Phi) is 6.87. The van der Waals surface area contributed by atoms with Gasteiger partial charge in [-0.3, -0.25) is 9.59 Å². The van der Waals surface area contributed by atoms with Crippen molar-refractivity contribution in [3.63, 3.8) is 0 Å². The van der Waals surface area contributed by atoms with Crippen molar-refractivity contribution in [2.24, 2.45) is 0 Å². The molecule has 2 aromatic rings. The number of aliphatic hydroxyl groups excluding tert-OH is 1. The molecule has 0 spiro atoms. The molecule has 0 radical (unpaired) electrons. The molecular weight excluding hydrogens is 336 g/mol. The maximum Gasteiger partial charge on any atom is 0.337 e. The van der Waals surface area contributed by atoms with Gasteiger partial charge >= 0.3 is 17.8 Å². The summed E-state index contributed by atoms with van der Waals surface area (Å²) in [5.41, 5.74) is 1.63. The van der Waals surface area contributed by atoms with E-state index < -0.39 is 23.9 Å². The van der Waals surface area contributed by atoms with Crippen LogP contribution in [0, 0.1) is 0 Å². The third-order valence-electron chi connectivity index (χ3n) is 3.58. The Morgan fingerprint density at radius 1 is 1.00 bits per heavy atom. The van der Waals surface area contributed by atoms with Crippen LogP contribution in [0.25, 0.3) is 0 Å². The highest BCUT2D eigenvalue weighted by Crippen LogP contribution is 2.10. The number of benzene rings is 2. The molecule has 7 heteroatoms. The SMILES string of the molecule is COC(=O)c1ccc(NC(=O)C(=O)NCC(O)Cc2ccccc2)cc1. The summed E-state index contributed by atoms with van der Waals surface area (Å²) in [7, 11) is 1.27. The van der Waals surface area contributed by atoms with Crippen LogP contribution in [0.15, 0.2) is 54.6 Å². The first kappa shape index (κ1) is 19.1. The lowest BCUT2D eigenvalue weighted by Gasteiger charge is -2.12. The number of rotatable bonds is 6. The minimum absolute atomic E-state index is 0.0393. The predicted octanol–water partition coefficient (Wildman–Crippen LogP) is 1.13. The fourth-order valence-electron chi connectivity index (χ4n) is 2.24. The van der Waals surface area contributed by atoms with Gasteiger partial charge in [-0.25, -0.2) is 4.79 Å². The molecule has 2 amide bonds. The van der Waals surface area contributed by atoms with Gasteiger partial charge in [-0.2, -0.15) is 0 Å². The molecule has 0 aliphatic carbocycles. The van der Waals surface area contributed by atoms with Crippen LogP contribution in [0.4, 0.5) is 5.69 Å². The molecule has 0 saturated carbocycles. The van der Waals surface area contributed by atoms with E-state index in [4.69, 9.17) is 0 Å². The number of nitrogens with one attached hydrogen (secondary N) is 2. The zero-order chi connectivity index (χ0) is 18.9. The second-order valence-corrected chi connectivity index (χ2v) is 5.58. The second kappa shape index (κ2) is 9.33. The van der Waals surface area contributed by atoms with Crippen LogP contribution in [-0.2, 0) is 20.7 Å². The van der Waals surface area contributed by atoms with Gasteiger partial charge in [0.05, 0.1) is 18.8 Å². The van der Waals surface area contributed by atoms with Gasteiger partial charge in [-0.05, 0) is 29.8 Å². The fourth-order valence-corrected chi connectivity index (χ4v) is 2.24. The zero-order valence-electron chi connectivity index (χ0n) is 14.3. The molecule has 0 aromatic heterocycles. The summed E-state index contributed by atoms with van der Waals surface area (Å²) in [5.74, 6) is -2.20. The molecule has 26 heavy (non-hydrogen) atoms. The van der Waals surface area contributed by atoms with Gasteiger partial charge in [-0.1, -0.05) is 30.3 Å². The lowest BCUT2D eigenvalue weighted by molar-refractivity contribution is -0.136. The Bertz CT molecular complexity index is 759. The Morgan fingerprint density at radius 2 is 1.65 bits per heavy atom. The van der Waals surface area contributed by atoms with Gasteiger partial charge < -0.3 is 20.5 Å². The summed E-state index contributed by atoms with van der Waals surface area (Å²) in [6, 6.07) is 15.3. The molecule has 2 aromatic carbocycles. The molecule has 136 valence electrons. The van der Waals surface area contributed by atoms with Crippen molar-refractivity contribution in [1.29, 1.82) is 0 Å². The topological polar surface area (TPSA) is 105 Å². The van der Waals surface area contributed by atoms with Gasteiger partial charge in [0, 0.05) is 18.7 Å². The van der Waals surface area contributed by atoms with E-state index in [9.17, 15) is 19.5 Å². The number of anilines is 1. The molecule has 0 heterocycles. The highest BCUT2D eigenvalue weighted by Gasteiger charge is 2.16. The molecule has 0 aliphatic rings. The average Bonchev–Trinajstić information content (AvgIpc) is 2.66. The van der Waals surface area contributed by atoms with Gasteiger partial charge in [0.1, 0.15) is 0 Å². The number of hydrogen-bond acceptors (Lipinski definition) is 5. The zero-order valence-corrected chi connectivity index (χ0v) is 14.3. The first-order valence-corrected chi connectivity index (χ1v) is 7.99. The van der Waals surface area contributed by atoms with Crippen molar-refractivity contribution in [3.8, 4) is 0 Å². The van der Waals surface area contributed by atoms with Crippen LogP contribution in [0.1, 0.15) is 15.9 Å². The monoisotopic (exact) mass is 356 g/mol. The molecular formula is C19H20N2O5. The van der Waals surface area contributed by atoms with E-state index in [1.807, 2.05) is 30.3 Å². The van der Waals surface area contributed by atoms with Crippen LogP contribution < -0.4 is 10.6 Å². The van der Waals surface area contributed by atoms with Crippen LogP contribution >= 0.6 is 0 Å². The molecule has 1 unspecified atom stereocenters. The highest BCUT2D eigenvalue weighted by atomic mass is 16.5. The van der Waals surface area contributed by atoms with E-state index in [1.54, 1.807) is 0 Å². The number of carbonyl (C=O) groups excluding carboxylic acids is 3. The van der Waals surface area contributed by atoms with Gasteiger partial charge in [0.25, 0.3) is 0 Å². The molecule has 3 N–H and O–H groups in total.